The quantitative estimate of drug-likeness (QED) is 0.870. The molecule has 1 aromatic carbocycles. The van der Waals surface area contributed by atoms with Crippen molar-refractivity contribution in [3.63, 3.8) is 0 Å². The molecular formula is C13H15N3O2S. The Morgan fingerprint density at radius 3 is 2.74 bits per heavy atom. The molecule has 0 spiro atoms. The number of nitrogens with zero attached hydrogens (tertiary/aromatic N) is 2. The first kappa shape index (κ1) is 13.5. The van der Waals surface area contributed by atoms with E-state index in [1.165, 1.54) is 7.11 Å². The Morgan fingerprint density at radius 1 is 1.26 bits per heavy atom. The Morgan fingerprint density at radius 2 is 2.05 bits per heavy atom. The molecule has 2 rings (SSSR count). The fraction of sp³-hybridized carbons (Fsp3) is 0.308. The number of benzene rings is 1. The highest BCUT2D eigenvalue weighted by molar-refractivity contribution is 7.71. The molecule has 1 N–H and O–H groups in total. The van der Waals surface area contributed by atoms with Crippen LogP contribution in [0.5, 0.6) is 11.8 Å². The highest BCUT2D eigenvalue weighted by Crippen LogP contribution is 2.22. The highest BCUT2D eigenvalue weighted by atomic mass is 32.1. The summed E-state index contributed by atoms with van der Waals surface area (Å²) in [5.74, 6) is 1.38. The smallest absolute Gasteiger partial charge is 0.297 e. The zero-order valence-corrected chi connectivity index (χ0v) is 11.8. The van der Waals surface area contributed by atoms with Crippen molar-refractivity contribution in [2.24, 2.45) is 0 Å². The number of ether oxygens (including phenoxy) is 2. The molecule has 0 aliphatic carbocycles. The van der Waals surface area contributed by atoms with Gasteiger partial charge in [0.05, 0.1) is 13.2 Å². The van der Waals surface area contributed by atoms with Crippen LogP contribution in [0.2, 0.25) is 0 Å². The molecule has 0 bridgehead atoms. The fourth-order valence-electron chi connectivity index (χ4n) is 1.59. The van der Waals surface area contributed by atoms with Crippen molar-refractivity contribution in [2.45, 2.75) is 20.0 Å². The molecule has 0 amide bonds. The lowest BCUT2D eigenvalue weighted by molar-refractivity contribution is 0.242. The standard InChI is InChI=1S/C13H15N3O2S/c1-8(2)18-10-6-4-5-9(7-10)11-14-12(17-3)16-13(19)15-11/h4-8H,1-3H3,(H,14,15,16,19). The second-order valence-corrected chi connectivity index (χ2v) is 4.55. The van der Waals surface area contributed by atoms with Crippen molar-refractivity contribution in [1.82, 2.24) is 15.0 Å². The summed E-state index contributed by atoms with van der Waals surface area (Å²) in [6, 6.07) is 7.95. The maximum atomic E-state index is 5.65. The third kappa shape index (κ3) is 3.51. The molecule has 5 nitrogen and oxygen atoms in total. The molecule has 19 heavy (non-hydrogen) atoms. The van der Waals surface area contributed by atoms with Crippen molar-refractivity contribution in [1.29, 1.82) is 0 Å². The van der Waals surface area contributed by atoms with Crippen LogP contribution in [-0.4, -0.2) is 28.2 Å². The maximum absolute atomic E-state index is 5.65. The Bertz CT molecular complexity index is 625. The molecule has 0 radical (unpaired) electrons. The molecule has 0 saturated heterocycles. The van der Waals surface area contributed by atoms with E-state index >= 15 is 0 Å². The van der Waals surface area contributed by atoms with Gasteiger partial charge in [0.1, 0.15) is 11.6 Å². The van der Waals surface area contributed by atoms with Gasteiger partial charge in [-0.1, -0.05) is 12.1 Å². The Kier molecular flexibility index (Phi) is 4.11. The number of H-pyrrole nitrogens is 1. The van der Waals surface area contributed by atoms with Crippen molar-refractivity contribution in [2.75, 3.05) is 7.11 Å². The molecule has 0 unspecified atom stereocenters. The van der Waals surface area contributed by atoms with E-state index in [1.54, 1.807) is 0 Å². The first-order chi connectivity index (χ1) is 9.08. The third-order valence-corrected chi connectivity index (χ3v) is 2.49. The molecule has 1 heterocycles. The largest absolute Gasteiger partial charge is 0.491 e. The number of methoxy groups -OCH3 is 1. The minimum Gasteiger partial charge on any atom is -0.491 e. The summed E-state index contributed by atoms with van der Waals surface area (Å²) in [6.45, 7) is 3.96. The summed E-state index contributed by atoms with van der Waals surface area (Å²) in [4.78, 5) is 11.1. The average molecular weight is 277 g/mol. The van der Waals surface area contributed by atoms with Gasteiger partial charge in [0.2, 0.25) is 4.77 Å². The molecule has 0 aliphatic heterocycles. The molecule has 2 aromatic rings. The number of rotatable bonds is 4. The lowest BCUT2D eigenvalue weighted by Crippen LogP contribution is -2.05. The Balaban J connectivity index is 2.41. The van der Waals surface area contributed by atoms with E-state index in [1.807, 2.05) is 38.1 Å². The third-order valence-electron chi connectivity index (χ3n) is 2.30. The summed E-state index contributed by atoms with van der Waals surface area (Å²) in [5, 5.41) is 0. The lowest BCUT2D eigenvalue weighted by Gasteiger charge is -2.10. The van der Waals surface area contributed by atoms with Gasteiger partial charge in [0.15, 0.2) is 0 Å². The van der Waals surface area contributed by atoms with Gasteiger partial charge in [-0.2, -0.15) is 4.98 Å². The molecule has 0 atom stereocenters. The summed E-state index contributed by atoms with van der Waals surface area (Å²) < 4.78 is 10.9. The number of nitrogens with one attached hydrogen (secondary N) is 1. The summed E-state index contributed by atoms with van der Waals surface area (Å²) in [5.41, 5.74) is 0.866. The molecule has 0 fully saturated rings. The monoisotopic (exact) mass is 277 g/mol. The first-order valence-electron chi connectivity index (χ1n) is 5.88. The van der Waals surface area contributed by atoms with Crippen LogP contribution in [0.25, 0.3) is 11.4 Å². The summed E-state index contributed by atoms with van der Waals surface area (Å²) in [7, 11) is 1.52. The number of aromatic nitrogens is 3. The van der Waals surface area contributed by atoms with Crippen LogP contribution in [0, 0.1) is 4.77 Å². The van der Waals surface area contributed by atoms with Gasteiger partial charge in [-0.05, 0) is 38.2 Å². The number of hydrogen-bond acceptors (Lipinski definition) is 5. The minimum atomic E-state index is 0.119. The molecular weight excluding hydrogens is 262 g/mol. The van der Waals surface area contributed by atoms with Crippen molar-refractivity contribution >= 4 is 12.2 Å². The van der Waals surface area contributed by atoms with Gasteiger partial charge in [0, 0.05) is 5.56 Å². The highest BCUT2D eigenvalue weighted by Gasteiger charge is 2.06. The SMILES string of the molecule is COc1nc(=S)nc(-c2cccc(OC(C)C)c2)[nH]1. The van der Waals surface area contributed by atoms with Crippen LogP contribution in [0.1, 0.15) is 13.8 Å². The van der Waals surface area contributed by atoms with Crippen LogP contribution in [0.3, 0.4) is 0 Å². The van der Waals surface area contributed by atoms with Crippen LogP contribution < -0.4 is 9.47 Å². The number of aromatic amines is 1. The van der Waals surface area contributed by atoms with Gasteiger partial charge >= 0.3 is 0 Å². The van der Waals surface area contributed by atoms with E-state index in [-0.39, 0.29) is 10.9 Å². The van der Waals surface area contributed by atoms with Crippen molar-refractivity contribution < 1.29 is 9.47 Å². The predicted octanol–water partition coefficient (Wildman–Crippen LogP) is 3.00. The summed E-state index contributed by atoms with van der Waals surface area (Å²) >= 11 is 5.00. The van der Waals surface area contributed by atoms with Gasteiger partial charge in [-0.25, -0.2) is 4.98 Å². The predicted molar refractivity (Wildman–Crippen MR) is 75.0 cm³/mol. The average Bonchev–Trinajstić information content (AvgIpc) is 2.37. The van der Waals surface area contributed by atoms with Gasteiger partial charge in [-0.3, -0.25) is 4.98 Å². The minimum absolute atomic E-state index is 0.119. The number of hydrogen-bond donors (Lipinski definition) is 1. The second kappa shape index (κ2) is 5.79. The van der Waals surface area contributed by atoms with Crippen LogP contribution in [0.4, 0.5) is 0 Å². The molecule has 100 valence electrons. The van der Waals surface area contributed by atoms with Gasteiger partial charge in [-0.15, -0.1) is 0 Å². The maximum Gasteiger partial charge on any atom is 0.297 e. The molecule has 0 aliphatic rings. The van der Waals surface area contributed by atoms with E-state index < -0.39 is 0 Å². The molecule has 1 aromatic heterocycles. The van der Waals surface area contributed by atoms with E-state index in [4.69, 9.17) is 21.7 Å². The van der Waals surface area contributed by atoms with Crippen molar-refractivity contribution in [3.8, 4) is 23.1 Å². The zero-order chi connectivity index (χ0) is 13.8. The van der Waals surface area contributed by atoms with Gasteiger partial charge < -0.3 is 9.47 Å². The Labute approximate surface area is 116 Å². The first-order valence-corrected chi connectivity index (χ1v) is 6.29. The van der Waals surface area contributed by atoms with Crippen LogP contribution in [-0.2, 0) is 0 Å². The van der Waals surface area contributed by atoms with E-state index in [0.29, 0.717) is 11.8 Å². The van der Waals surface area contributed by atoms with Crippen LogP contribution >= 0.6 is 12.2 Å². The molecule has 6 heteroatoms. The zero-order valence-electron chi connectivity index (χ0n) is 11.0. The second-order valence-electron chi connectivity index (χ2n) is 4.18. The summed E-state index contributed by atoms with van der Waals surface area (Å²) in [6.07, 6.45) is 0.119. The van der Waals surface area contributed by atoms with Gasteiger partial charge in [0.25, 0.3) is 6.01 Å². The fourth-order valence-corrected chi connectivity index (χ4v) is 1.76. The van der Waals surface area contributed by atoms with E-state index in [9.17, 15) is 0 Å². The van der Waals surface area contributed by atoms with Crippen molar-refractivity contribution in [3.05, 3.63) is 29.0 Å². The van der Waals surface area contributed by atoms with E-state index in [0.717, 1.165) is 11.3 Å². The van der Waals surface area contributed by atoms with E-state index in [2.05, 4.69) is 15.0 Å². The molecule has 0 saturated carbocycles. The topological polar surface area (TPSA) is 60.0 Å². The normalized spacial score (nSPS) is 10.5. The van der Waals surface area contributed by atoms with Crippen LogP contribution in [0.15, 0.2) is 24.3 Å². The Hall–Kier alpha value is -1.95. The lowest BCUT2D eigenvalue weighted by atomic mass is 10.2.